The molecule has 2 N–H and O–H groups in total. The molecule has 0 aliphatic heterocycles. The van der Waals surface area contributed by atoms with E-state index in [9.17, 15) is 0 Å². The van der Waals surface area contributed by atoms with Gasteiger partial charge in [-0.1, -0.05) is 0 Å². The van der Waals surface area contributed by atoms with Crippen LogP contribution in [0.4, 0.5) is 5.69 Å². The van der Waals surface area contributed by atoms with Gasteiger partial charge in [-0.15, -0.1) is 0 Å². The normalized spacial score (nSPS) is 23.1. The highest BCUT2D eigenvalue weighted by atomic mass is 15.3. The number of pyridine rings is 1. The van der Waals surface area contributed by atoms with Gasteiger partial charge in [0, 0.05) is 32.4 Å². The number of hydrogen-bond donors (Lipinski definition) is 1. The lowest BCUT2D eigenvalue weighted by atomic mass is 9.86. The van der Waals surface area contributed by atoms with Crippen LogP contribution in [0.5, 0.6) is 0 Å². The molecule has 0 bridgehead atoms. The van der Waals surface area contributed by atoms with E-state index in [2.05, 4.69) is 28.1 Å². The maximum absolute atomic E-state index is 5.88. The molecule has 1 aliphatic rings. The van der Waals surface area contributed by atoms with E-state index in [1.54, 1.807) is 0 Å². The fourth-order valence-corrected chi connectivity index (χ4v) is 2.79. The lowest BCUT2D eigenvalue weighted by Crippen LogP contribution is -2.49. The van der Waals surface area contributed by atoms with Crippen molar-refractivity contribution in [1.82, 2.24) is 14.8 Å². The molecule has 1 aliphatic carbocycles. The molecular formula is C13H19N5. The van der Waals surface area contributed by atoms with Crippen molar-refractivity contribution in [3.05, 3.63) is 18.0 Å². The van der Waals surface area contributed by atoms with Gasteiger partial charge in [-0.25, -0.2) is 4.98 Å². The molecule has 0 amide bonds. The van der Waals surface area contributed by atoms with Crippen LogP contribution in [-0.2, 0) is 7.05 Å². The Morgan fingerprint density at radius 3 is 2.83 bits per heavy atom. The maximum atomic E-state index is 5.88. The second-order valence-electron chi connectivity index (χ2n) is 5.23. The van der Waals surface area contributed by atoms with Crippen molar-refractivity contribution in [2.45, 2.75) is 31.8 Å². The second kappa shape index (κ2) is 3.95. The zero-order chi connectivity index (χ0) is 12.9. The number of aromatic nitrogens is 3. The standard InChI is InChI=1S/C13H19N5/c1-8-12-11(17(2)10-6-9(14)7-10)4-5-15-13(12)18(3)16-8/h4-5,9-10H,6-7,14H2,1-3H3. The van der Waals surface area contributed by atoms with Gasteiger partial charge in [0.25, 0.3) is 0 Å². The largest absolute Gasteiger partial charge is 0.371 e. The van der Waals surface area contributed by atoms with E-state index in [0.29, 0.717) is 12.1 Å². The molecule has 0 saturated heterocycles. The van der Waals surface area contributed by atoms with E-state index in [-0.39, 0.29) is 0 Å². The molecule has 0 unspecified atom stereocenters. The summed E-state index contributed by atoms with van der Waals surface area (Å²) in [7, 11) is 4.07. The number of anilines is 1. The van der Waals surface area contributed by atoms with Crippen molar-refractivity contribution in [3.8, 4) is 0 Å². The Balaban J connectivity index is 2.06. The molecule has 0 atom stereocenters. The Morgan fingerprint density at radius 1 is 1.44 bits per heavy atom. The van der Waals surface area contributed by atoms with Crippen LogP contribution in [-0.4, -0.2) is 33.9 Å². The minimum Gasteiger partial charge on any atom is -0.371 e. The third-order valence-electron chi connectivity index (χ3n) is 3.95. The van der Waals surface area contributed by atoms with Crippen LogP contribution in [0.1, 0.15) is 18.5 Å². The van der Waals surface area contributed by atoms with Crippen molar-refractivity contribution in [3.63, 3.8) is 0 Å². The summed E-state index contributed by atoms with van der Waals surface area (Å²) >= 11 is 0. The van der Waals surface area contributed by atoms with E-state index in [1.165, 1.54) is 5.69 Å². The number of nitrogens with zero attached hydrogens (tertiary/aromatic N) is 4. The van der Waals surface area contributed by atoms with Crippen molar-refractivity contribution < 1.29 is 0 Å². The Kier molecular flexibility index (Phi) is 2.52. The molecular weight excluding hydrogens is 226 g/mol. The second-order valence-corrected chi connectivity index (χ2v) is 5.23. The Labute approximate surface area is 107 Å². The third-order valence-corrected chi connectivity index (χ3v) is 3.95. The highest BCUT2D eigenvalue weighted by molar-refractivity contribution is 5.91. The average molecular weight is 245 g/mol. The summed E-state index contributed by atoms with van der Waals surface area (Å²) in [6, 6.07) is 2.98. The quantitative estimate of drug-likeness (QED) is 0.863. The first-order valence-electron chi connectivity index (χ1n) is 6.34. The molecule has 1 fully saturated rings. The smallest absolute Gasteiger partial charge is 0.159 e. The lowest BCUT2D eigenvalue weighted by Gasteiger charge is -2.40. The van der Waals surface area contributed by atoms with E-state index in [4.69, 9.17) is 5.73 Å². The van der Waals surface area contributed by atoms with Crippen LogP contribution >= 0.6 is 0 Å². The molecule has 2 heterocycles. The zero-order valence-electron chi connectivity index (χ0n) is 11.1. The van der Waals surface area contributed by atoms with E-state index in [0.717, 1.165) is 29.6 Å². The predicted octanol–water partition coefficient (Wildman–Crippen LogP) is 1.20. The van der Waals surface area contributed by atoms with Crippen LogP contribution in [0, 0.1) is 6.92 Å². The molecule has 2 aromatic rings. The summed E-state index contributed by atoms with van der Waals surface area (Å²) in [6.45, 7) is 2.04. The monoisotopic (exact) mass is 245 g/mol. The van der Waals surface area contributed by atoms with Gasteiger partial charge in [-0.2, -0.15) is 5.10 Å². The minimum absolute atomic E-state index is 0.366. The van der Waals surface area contributed by atoms with Gasteiger partial charge < -0.3 is 10.6 Å². The van der Waals surface area contributed by atoms with Gasteiger partial charge >= 0.3 is 0 Å². The SMILES string of the molecule is Cc1nn(C)c2nccc(N(C)C3CC(N)C3)c12. The highest BCUT2D eigenvalue weighted by Crippen LogP contribution is 2.33. The van der Waals surface area contributed by atoms with Gasteiger partial charge in [0.15, 0.2) is 5.65 Å². The Hall–Kier alpha value is -1.62. The number of hydrogen-bond acceptors (Lipinski definition) is 4. The van der Waals surface area contributed by atoms with Crippen LogP contribution < -0.4 is 10.6 Å². The topological polar surface area (TPSA) is 60.0 Å². The number of nitrogens with two attached hydrogens (primary N) is 1. The van der Waals surface area contributed by atoms with E-state index >= 15 is 0 Å². The van der Waals surface area contributed by atoms with Crippen molar-refractivity contribution in [2.24, 2.45) is 12.8 Å². The molecule has 5 nitrogen and oxygen atoms in total. The maximum Gasteiger partial charge on any atom is 0.159 e. The lowest BCUT2D eigenvalue weighted by molar-refractivity contribution is 0.340. The molecule has 96 valence electrons. The molecule has 0 aromatic carbocycles. The first-order chi connectivity index (χ1) is 8.58. The third kappa shape index (κ3) is 1.58. The van der Waals surface area contributed by atoms with Crippen molar-refractivity contribution in [2.75, 3.05) is 11.9 Å². The summed E-state index contributed by atoms with van der Waals surface area (Å²) in [6.07, 6.45) is 3.99. The summed E-state index contributed by atoms with van der Waals surface area (Å²) in [5, 5.41) is 5.61. The predicted molar refractivity (Wildman–Crippen MR) is 72.6 cm³/mol. The van der Waals surface area contributed by atoms with Gasteiger partial charge in [0.2, 0.25) is 0 Å². The zero-order valence-corrected chi connectivity index (χ0v) is 11.1. The fraction of sp³-hybridized carbons (Fsp3) is 0.538. The molecule has 18 heavy (non-hydrogen) atoms. The summed E-state index contributed by atoms with van der Waals surface area (Å²) in [4.78, 5) is 6.73. The van der Waals surface area contributed by atoms with Crippen LogP contribution in [0.25, 0.3) is 11.0 Å². The Morgan fingerprint density at radius 2 is 2.17 bits per heavy atom. The van der Waals surface area contributed by atoms with Crippen LogP contribution in [0.15, 0.2) is 12.3 Å². The van der Waals surface area contributed by atoms with E-state index in [1.807, 2.05) is 24.9 Å². The average Bonchev–Trinajstić information content (AvgIpc) is 2.60. The first-order valence-corrected chi connectivity index (χ1v) is 6.34. The first kappa shape index (κ1) is 11.5. The highest BCUT2D eigenvalue weighted by Gasteiger charge is 2.30. The van der Waals surface area contributed by atoms with Crippen molar-refractivity contribution in [1.29, 1.82) is 0 Å². The van der Waals surface area contributed by atoms with Crippen LogP contribution in [0.3, 0.4) is 0 Å². The molecule has 2 aromatic heterocycles. The van der Waals surface area contributed by atoms with Crippen LogP contribution in [0.2, 0.25) is 0 Å². The molecule has 1 saturated carbocycles. The molecule has 0 radical (unpaired) electrons. The number of aryl methyl sites for hydroxylation is 2. The molecule has 3 rings (SSSR count). The number of fused-ring (bicyclic) bond motifs is 1. The van der Waals surface area contributed by atoms with Gasteiger partial charge in [0.1, 0.15) is 0 Å². The summed E-state index contributed by atoms with van der Waals surface area (Å²) < 4.78 is 1.84. The fourth-order valence-electron chi connectivity index (χ4n) is 2.79. The van der Waals surface area contributed by atoms with Gasteiger partial charge in [0.05, 0.1) is 16.8 Å². The van der Waals surface area contributed by atoms with Crippen molar-refractivity contribution >= 4 is 16.7 Å². The number of rotatable bonds is 2. The van der Waals surface area contributed by atoms with Gasteiger partial charge in [-0.05, 0) is 25.8 Å². The summed E-state index contributed by atoms with van der Waals surface area (Å²) in [5.41, 5.74) is 9.06. The molecule has 0 spiro atoms. The summed E-state index contributed by atoms with van der Waals surface area (Å²) in [5.74, 6) is 0. The van der Waals surface area contributed by atoms with Gasteiger partial charge in [-0.3, -0.25) is 4.68 Å². The Bertz CT molecular complexity index is 582. The molecule has 5 heteroatoms. The minimum atomic E-state index is 0.366. The van der Waals surface area contributed by atoms with E-state index < -0.39 is 0 Å².